The molecule has 0 saturated carbocycles. The highest BCUT2D eigenvalue weighted by molar-refractivity contribution is 7.09. The number of aryl methyl sites for hydroxylation is 1. The molecular weight excluding hydrogens is 306 g/mol. The Morgan fingerprint density at radius 2 is 2.00 bits per heavy atom. The predicted molar refractivity (Wildman–Crippen MR) is 98.1 cm³/mol. The molecule has 2 rings (SSSR count). The molecule has 0 bridgehead atoms. The zero-order valence-electron chi connectivity index (χ0n) is 13.7. The van der Waals surface area contributed by atoms with E-state index in [0.717, 1.165) is 31.0 Å². The fraction of sp³-hybridized carbons (Fsp3) is 0.389. The molecule has 0 aliphatic carbocycles. The van der Waals surface area contributed by atoms with Crippen molar-refractivity contribution in [1.82, 2.24) is 10.6 Å². The Kier molecular flexibility index (Phi) is 7.10. The average Bonchev–Trinajstić information content (AvgIpc) is 3.06. The van der Waals surface area contributed by atoms with Crippen LogP contribution in [0.2, 0.25) is 0 Å². The molecule has 4 nitrogen and oxygen atoms in total. The number of nitrogens with zero attached hydrogens (tertiary/aromatic N) is 1. The molecule has 23 heavy (non-hydrogen) atoms. The van der Waals surface area contributed by atoms with E-state index in [2.05, 4.69) is 33.1 Å². The number of hydrogen-bond donors (Lipinski definition) is 3. The summed E-state index contributed by atoms with van der Waals surface area (Å²) in [4.78, 5) is 5.83. The molecule has 1 aromatic heterocycles. The fourth-order valence-corrected chi connectivity index (χ4v) is 2.88. The van der Waals surface area contributed by atoms with Gasteiger partial charge in [0.05, 0.1) is 12.6 Å². The van der Waals surface area contributed by atoms with Crippen LogP contribution in [0.1, 0.15) is 29.0 Å². The Balaban J connectivity index is 1.85. The Morgan fingerprint density at radius 1 is 1.22 bits per heavy atom. The van der Waals surface area contributed by atoms with E-state index in [1.807, 2.05) is 38.1 Å². The van der Waals surface area contributed by atoms with Crippen LogP contribution in [0.3, 0.4) is 0 Å². The molecule has 0 spiro atoms. The van der Waals surface area contributed by atoms with Gasteiger partial charge in [0.1, 0.15) is 0 Å². The first kappa shape index (κ1) is 17.5. The zero-order chi connectivity index (χ0) is 16.5. The highest BCUT2D eigenvalue weighted by Crippen LogP contribution is 2.13. The van der Waals surface area contributed by atoms with Crippen LogP contribution in [-0.4, -0.2) is 30.7 Å². The highest BCUT2D eigenvalue weighted by atomic mass is 32.1. The molecule has 5 heteroatoms. The Bertz CT molecular complexity index is 593. The largest absolute Gasteiger partial charge is 0.386 e. The molecule has 124 valence electrons. The van der Waals surface area contributed by atoms with Crippen molar-refractivity contribution in [3.8, 4) is 0 Å². The van der Waals surface area contributed by atoms with Gasteiger partial charge in [-0.3, -0.25) is 4.99 Å². The molecule has 0 fully saturated rings. The fourth-order valence-electron chi connectivity index (χ4n) is 2.17. The van der Waals surface area contributed by atoms with E-state index in [9.17, 15) is 5.11 Å². The number of benzene rings is 1. The third-order valence-electron chi connectivity index (χ3n) is 3.47. The van der Waals surface area contributed by atoms with Gasteiger partial charge in [0.15, 0.2) is 5.96 Å². The second-order valence-electron chi connectivity index (χ2n) is 5.40. The summed E-state index contributed by atoms with van der Waals surface area (Å²) >= 11 is 1.76. The van der Waals surface area contributed by atoms with Gasteiger partial charge in [-0.1, -0.05) is 35.9 Å². The van der Waals surface area contributed by atoms with Crippen LogP contribution in [0.5, 0.6) is 0 Å². The maximum Gasteiger partial charge on any atom is 0.191 e. The Labute approximate surface area is 142 Å². The van der Waals surface area contributed by atoms with Gasteiger partial charge < -0.3 is 15.7 Å². The van der Waals surface area contributed by atoms with Gasteiger partial charge in [-0.05, 0) is 37.3 Å². The van der Waals surface area contributed by atoms with Crippen LogP contribution >= 0.6 is 11.3 Å². The average molecular weight is 331 g/mol. The van der Waals surface area contributed by atoms with Crippen molar-refractivity contribution in [2.45, 2.75) is 26.4 Å². The van der Waals surface area contributed by atoms with Crippen molar-refractivity contribution in [2.24, 2.45) is 4.99 Å². The lowest BCUT2D eigenvalue weighted by molar-refractivity contribution is 0.187. The van der Waals surface area contributed by atoms with E-state index in [1.165, 1.54) is 10.4 Å². The molecule has 2 aromatic rings. The number of aliphatic hydroxyl groups excluding tert-OH is 1. The summed E-state index contributed by atoms with van der Waals surface area (Å²) in [5.41, 5.74) is 2.09. The molecule has 1 aromatic carbocycles. The van der Waals surface area contributed by atoms with Crippen molar-refractivity contribution >= 4 is 17.3 Å². The Hall–Kier alpha value is -1.85. The summed E-state index contributed by atoms with van der Waals surface area (Å²) in [6, 6.07) is 12.1. The minimum atomic E-state index is -0.580. The van der Waals surface area contributed by atoms with Crippen LogP contribution in [0.15, 0.2) is 46.8 Å². The maximum absolute atomic E-state index is 10.2. The summed E-state index contributed by atoms with van der Waals surface area (Å²) < 4.78 is 0. The molecule has 1 atom stereocenters. The van der Waals surface area contributed by atoms with Gasteiger partial charge in [0.25, 0.3) is 0 Å². The first-order valence-electron chi connectivity index (χ1n) is 7.98. The quantitative estimate of drug-likeness (QED) is 0.540. The minimum absolute atomic E-state index is 0.345. The van der Waals surface area contributed by atoms with E-state index >= 15 is 0 Å². The molecule has 1 unspecified atom stereocenters. The number of nitrogens with one attached hydrogen (secondary N) is 2. The molecular formula is C18H25N3OS. The first-order chi connectivity index (χ1) is 11.2. The predicted octanol–water partition coefficient (Wildman–Crippen LogP) is 2.89. The summed E-state index contributed by atoms with van der Waals surface area (Å²) in [5.74, 6) is 0.746. The topological polar surface area (TPSA) is 56.7 Å². The third-order valence-corrected chi connectivity index (χ3v) is 4.41. The number of guanidine groups is 1. The number of hydrogen-bond acceptors (Lipinski definition) is 3. The smallest absolute Gasteiger partial charge is 0.191 e. The van der Waals surface area contributed by atoms with Gasteiger partial charge in [0, 0.05) is 18.0 Å². The van der Waals surface area contributed by atoms with E-state index in [1.54, 1.807) is 11.3 Å². The number of aliphatic hydroxyl groups is 1. The minimum Gasteiger partial charge on any atom is -0.386 e. The van der Waals surface area contributed by atoms with Crippen LogP contribution in [0, 0.1) is 6.92 Å². The lowest BCUT2D eigenvalue weighted by atomic mass is 10.1. The van der Waals surface area contributed by atoms with Gasteiger partial charge >= 0.3 is 0 Å². The van der Waals surface area contributed by atoms with Crippen LogP contribution < -0.4 is 10.6 Å². The zero-order valence-corrected chi connectivity index (χ0v) is 14.6. The third kappa shape index (κ3) is 6.04. The van der Waals surface area contributed by atoms with Gasteiger partial charge in [0.2, 0.25) is 0 Å². The molecule has 0 aliphatic heterocycles. The van der Waals surface area contributed by atoms with E-state index in [4.69, 9.17) is 0 Å². The van der Waals surface area contributed by atoms with Crippen LogP contribution in [0.4, 0.5) is 0 Å². The maximum atomic E-state index is 10.2. The SMILES string of the molecule is CCNC(=NCC(O)c1ccc(C)cc1)NCCc1cccs1. The first-order valence-corrected chi connectivity index (χ1v) is 8.86. The van der Waals surface area contributed by atoms with E-state index in [-0.39, 0.29) is 0 Å². The number of rotatable bonds is 7. The highest BCUT2D eigenvalue weighted by Gasteiger charge is 2.07. The van der Waals surface area contributed by atoms with Crippen LogP contribution in [0.25, 0.3) is 0 Å². The van der Waals surface area contributed by atoms with Crippen molar-refractivity contribution in [1.29, 1.82) is 0 Å². The van der Waals surface area contributed by atoms with E-state index < -0.39 is 6.10 Å². The van der Waals surface area contributed by atoms with Crippen molar-refractivity contribution in [3.63, 3.8) is 0 Å². The second-order valence-corrected chi connectivity index (χ2v) is 6.43. The van der Waals surface area contributed by atoms with Crippen molar-refractivity contribution in [3.05, 3.63) is 57.8 Å². The molecule has 3 N–H and O–H groups in total. The van der Waals surface area contributed by atoms with E-state index in [0.29, 0.717) is 6.54 Å². The number of thiophene rings is 1. The van der Waals surface area contributed by atoms with Crippen LogP contribution in [-0.2, 0) is 6.42 Å². The summed E-state index contributed by atoms with van der Waals surface area (Å²) in [5, 5.41) is 18.9. The standard InChI is InChI=1S/C18H25N3OS/c1-3-19-18(20-11-10-16-5-4-12-23-16)21-13-17(22)15-8-6-14(2)7-9-15/h4-9,12,17,22H,3,10-11,13H2,1-2H3,(H2,19,20,21). The summed E-state index contributed by atoms with van der Waals surface area (Å²) in [6.45, 7) is 6.04. The summed E-state index contributed by atoms with van der Waals surface area (Å²) in [6.07, 6.45) is 0.395. The van der Waals surface area contributed by atoms with Gasteiger partial charge in [-0.15, -0.1) is 11.3 Å². The van der Waals surface area contributed by atoms with Gasteiger partial charge in [-0.2, -0.15) is 0 Å². The molecule has 0 radical (unpaired) electrons. The lowest BCUT2D eigenvalue weighted by Gasteiger charge is -2.13. The molecule has 0 aliphatic rings. The summed E-state index contributed by atoms with van der Waals surface area (Å²) in [7, 11) is 0. The Morgan fingerprint density at radius 3 is 2.65 bits per heavy atom. The molecule has 0 saturated heterocycles. The lowest BCUT2D eigenvalue weighted by Crippen LogP contribution is -2.38. The number of aliphatic imine (C=N–C) groups is 1. The normalized spacial score (nSPS) is 12.9. The monoisotopic (exact) mass is 331 g/mol. The van der Waals surface area contributed by atoms with Crippen molar-refractivity contribution < 1.29 is 5.11 Å². The second kappa shape index (κ2) is 9.33. The van der Waals surface area contributed by atoms with Crippen molar-refractivity contribution in [2.75, 3.05) is 19.6 Å². The van der Waals surface area contributed by atoms with Gasteiger partial charge in [-0.25, -0.2) is 0 Å². The molecule has 0 amide bonds. The molecule has 1 heterocycles.